The summed E-state index contributed by atoms with van der Waals surface area (Å²) >= 11 is 0. The van der Waals surface area contributed by atoms with Gasteiger partial charge in [0.05, 0.1) is 0 Å². The molecule has 1 amide bonds. The number of aromatic nitrogens is 3. The normalized spacial score (nSPS) is 13.8. The van der Waals surface area contributed by atoms with Crippen molar-refractivity contribution in [3.8, 4) is 0 Å². The SMILES string of the molecule is Cc1cc(N2CCCC2)nc(NCCNC(=O)Cn2ccc3ccccc32)n1. The average molecular weight is 378 g/mol. The van der Waals surface area contributed by atoms with Gasteiger partial charge in [-0.2, -0.15) is 4.98 Å². The highest BCUT2D eigenvalue weighted by Crippen LogP contribution is 2.19. The van der Waals surface area contributed by atoms with Gasteiger partial charge in [-0.25, -0.2) is 4.98 Å². The van der Waals surface area contributed by atoms with E-state index in [1.807, 2.05) is 54.1 Å². The number of amides is 1. The van der Waals surface area contributed by atoms with Crippen LogP contribution in [-0.2, 0) is 11.3 Å². The number of benzene rings is 1. The van der Waals surface area contributed by atoms with Crippen molar-refractivity contribution >= 4 is 28.6 Å². The molecule has 1 saturated heterocycles. The fourth-order valence-electron chi connectivity index (χ4n) is 3.60. The quantitative estimate of drug-likeness (QED) is 0.618. The molecule has 0 atom stereocenters. The maximum absolute atomic E-state index is 12.2. The summed E-state index contributed by atoms with van der Waals surface area (Å²) in [7, 11) is 0. The number of hydrogen-bond acceptors (Lipinski definition) is 5. The van der Waals surface area contributed by atoms with Crippen LogP contribution in [-0.4, -0.2) is 46.6 Å². The molecule has 1 aromatic carbocycles. The van der Waals surface area contributed by atoms with Crippen molar-refractivity contribution in [3.63, 3.8) is 0 Å². The number of anilines is 2. The average Bonchev–Trinajstić information content (AvgIpc) is 3.36. The molecule has 28 heavy (non-hydrogen) atoms. The number of nitrogens with one attached hydrogen (secondary N) is 2. The van der Waals surface area contributed by atoms with E-state index in [0.29, 0.717) is 25.6 Å². The van der Waals surface area contributed by atoms with Gasteiger partial charge in [0, 0.05) is 49.7 Å². The fourth-order valence-corrected chi connectivity index (χ4v) is 3.60. The van der Waals surface area contributed by atoms with Gasteiger partial charge in [0.2, 0.25) is 11.9 Å². The van der Waals surface area contributed by atoms with Gasteiger partial charge in [0.1, 0.15) is 12.4 Å². The summed E-state index contributed by atoms with van der Waals surface area (Å²) < 4.78 is 1.96. The van der Waals surface area contributed by atoms with Crippen LogP contribution < -0.4 is 15.5 Å². The molecular formula is C21H26N6O. The Morgan fingerprint density at radius 3 is 2.79 bits per heavy atom. The Hall–Kier alpha value is -3.09. The van der Waals surface area contributed by atoms with E-state index in [1.165, 1.54) is 12.8 Å². The molecule has 2 N–H and O–H groups in total. The van der Waals surface area contributed by atoms with Crippen LogP contribution in [0.25, 0.3) is 10.9 Å². The van der Waals surface area contributed by atoms with Crippen molar-refractivity contribution in [1.82, 2.24) is 19.9 Å². The van der Waals surface area contributed by atoms with Gasteiger partial charge in [-0.05, 0) is 37.3 Å². The standard InChI is InChI=1S/C21H26N6O/c1-16-14-19(26-11-4-5-12-26)25-21(24-16)23-10-9-22-20(28)15-27-13-8-17-6-2-3-7-18(17)27/h2-3,6-8,13-14H,4-5,9-12,15H2,1H3,(H,22,28)(H,23,24,25). The van der Waals surface area contributed by atoms with Crippen LogP contribution >= 0.6 is 0 Å². The van der Waals surface area contributed by atoms with E-state index in [2.05, 4.69) is 25.5 Å². The van der Waals surface area contributed by atoms with Crippen LogP contribution in [0.3, 0.4) is 0 Å². The molecular weight excluding hydrogens is 352 g/mol. The monoisotopic (exact) mass is 378 g/mol. The maximum Gasteiger partial charge on any atom is 0.240 e. The lowest BCUT2D eigenvalue weighted by molar-refractivity contribution is -0.121. The summed E-state index contributed by atoms with van der Waals surface area (Å²) in [4.78, 5) is 23.6. The molecule has 0 bridgehead atoms. The third-order valence-electron chi connectivity index (χ3n) is 5.00. The highest BCUT2D eigenvalue weighted by molar-refractivity contribution is 5.83. The van der Waals surface area contributed by atoms with Crippen LogP contribution in [0.15, 0.2) is 42.6 Å². The lowest BCUT2D eigenvalue weighted by Gasteiger charge is -2.17. The lowest BCUT2D eigenvalue weighted by Crippen LogP contribution is -2.31. The van der Waals surface area contributed by atoms with E-state index < -0.39 is 0 Å². The number of fused-ring (bicyclic) bond motifs is 1. The van der Waals surface area contributed by atoms with Gasteiger partial charge in [0.15, 0.2) is 0 Å². The second-order valence-corrected chi connectivity index (χ2v) is 7.16. The number of hydrogen-bond donors (Lipinski definition) is 2. The summed E-state index contributed by atoms with van der Waals surface area (Å²) in [5.74, 6) is 1.59. The highest BCUT2D eigenvalue weighted by Gasteiger charge is 2.15. The summed E-state index contributed by atoms with van der Waals surface area (Å²) in [6.07, 6.45) is 4.38. The van der Waals surface area contributed by atoms with Crippen LogP contribution in [0.5, 0.6) is 0 Å². The Morgan fingerprint density at radius 2 is 1.93 bits per heavy atom. The molecule has 7 heteroatoms. The first-order chi connectivity index (χ1) is 13.7. The van der Waals surface area contributed by atoms with Crippen LogP contribution in [0.4, 0.5) is 11.8 Å². The summed E-state index contributed by atoms with van der Waals surface area (Å²) in [6.45, 7) is 5.51. The predicted molar refractivity (Wildman–Crippen MR) is 112 cm³/mol. The largest absolute Gasteiger partial charge is 0.356 e. The number of aryl methyl sites for hydroxylation is 1. The van der Waals surface area contributed by atoms with E-state index in [4.69, 9.17) is 0 Å². The van der Waals surface area contributed by atoms with E-state index in [0.717, 1.165) is 35.5 Å². The molecule has 146 valence electrons. The van der Waals surface area contributed by atoms with Gasteiger partial charge in [-0.1, -0.05) is 18.2 Å². The minimum atomic E-state index is -0.00827. The molecule has 3 heterocycles. The predicted octanol–water partition coefficient (Wildman–Crippen LogP) is 2.57. The van der Waals surface area contributed by atoms with Crippen molar-refractivity contribution < 1.29 is 4.79 Å². The van der Waals surface area contributed by atoms with E-state index >= 15 is 0 Å². The Balaban J connectivity index is 1.27. The number of carbonyl (C=O) groups is 1. The second-order valence-electron chi connectivity index (χ2n) is 7.16. The molecule has 0 spiro atoms. The maximum atomic E-state index is 12.2. The molecule has 1 fully saturated rings. The molecule has 7 nitrogen and oxygen atoms in total. The molecule has 2 aromatic heterocycles. The molecule has 0 unspecified atom stereocenters. The van der Waals surface area contributed by atoms with Gasteiger partial charge in [0.25, 0.3) is 0 Å². The molecule has 0 radical (unpaired) electrons. The minimum Gasteiger partial charge on any atom is -0.356 e. The van der Waals surface area contributed by atoms with Gasteiger partial charge in [-0.3, -0.25) is 4.79 Å². The molecule has 3 aromatic rings. The number of nitrogens with zero attached hydrogens (tertiary/aromatic N) is 4. The summed E-state index contributed by atoms with van der Waals surface area (Å²) in [5, 5.41) is 7.32. The number of carbonyl (C=O) groups excluding carboxylic acids is 1. The third-order valence-corrected chi connectivity index (χ3v) is 5.00. The van der Waals surface area contributed by atoms with Gasteiger partial charge < -0.3 is 20.1 Å². The zero-order valence-corrected chi connectivity index (χ0v) is 16.2. The van der Waals surface area contributed by atoms with Crippen LogP contribution in [0, 0.1) is 6.92 Å². The van der Waals surface area contributed by atoms with E-state index in [9.17, 15) is 4.79 Å². The minimum absolute atomic E-state index is 0.00827. The van der Waals surface area contributed by atoms with Crippen molar-refractivity contribution in [3.05, 3.63) is 48.3 Å². The Labute approximate surface area is 164 Å². The van der Waals surface area contributed by atoms with Gasteiger partial charge in [-0.15, -0.1) is 0 Å². The number of rotatable bonds is 7. The van der Waals surface area contributed by atoms with Crippen molar-refractivity contribution in [2.24, 2.45) is 0 Å². The fraction of sp³-hybridized carbons (Fsp3) is 0.381. The zero-order chi connectivity index (χ0) is 19.3. The smallest absolute Gasteiger partial charge is 0.240 e. The van der Waals surface area contributed by atoms with Gasteiger partial charge >= 0.3 is 0 Å². The lowest BCUT2D eigenvalue weighted by atomic mass is 10.2. The first-order valence-corrected chi connectivity index (χ1v) is 9.84. The molecule has 1 aliphatic rings. The summed E-state index contributed by atoms with van der Waals surface area (Å²) in [5.41, 5.74) is 2.02. The Morgan fingerprint density at radius 1 is 1.11 bits per heavy atom. The van der Waals surface area contributed by atoms with Crippen molar-refractivity contribution in [2.45, 2.75) is 26.3 Å². The Bertz CT molecular complexity index is 960. The topological polar surface area (TPSA) is 75.1 Å². The second kappa shape index (κ2) is 8.29. The first kappa shape index (κ1) is 18.3. The first-order valence-electron chi connectivity index (χ1n) is 9.84. The van der Waals surface area contributed by atoms with Crippen molar-refractivity contribution in [1.29, 1.82) is 0 Å². The van der Waals surface area contributed by atoms with Crippen molar-refractivity contribution in [2.75, 3.05) is 36.4 Å². The van der Waals surface area contributed by atoms with Crippen LogP contribution in [0.1, 0.15) is 18.5 Å². The van der Waals surface area contributed by atoms with E-state index in [1.54, 1.807) is 0 Å². The molecule has 1 aliphatic heterocycles. The molecule has 4 rings (SSSR count). The van der Waals surface area contributed by atoms with Crippen LogP contribution in [0.2, 0.25) is 0 Å². The number of para-hydroxylation sites is 1. The Kier molecular flexibility index (Phi) is 5.41. The zero-order valence-electron chi connectivity index (χ0n) is 16.2. The molecule has 0 saturated carbocycles. The highest BCUT2D eigenvalue weighted by atomic mass is 16.1. The summed E-state index contributed by atoms with van der Waals surface area (Å²) in [6, 6.07) is 12.1. The molecule has 0 aliphatic carbocycles. The third kappa shape index (κ3) is 4.24. The van der Waals surface area contributed by atoms with E-state index in [-0.39, 0.29) is 5.91 Å².